The smallest absolute Gasteiger partial charge is 0.0864 e. The Morgan fingerprint density at radius 2 is 1.66 bits per heavy atom. The van der Waals surface area contributed by atoms with Gasteiger partial charge in [-0.05, 0) is 57.9 Å². The molecule has 4 nitrogen and oxygen atoms in total. The molecule has 0 heterocycles. The first-order valence-electron chi connectivity index (χ1n) is 11.1. The first-order valence-corrected chi connectivity index (χ1v) is 11.5. The van der Waals surface area contributed by atoms with Gasteiger partial charge in [-0.1, -0.05) is 74.0 Å². The van der Waals surface area contributed by atoms with Gasteiger partial charge in [0.05, 0.1) is 18.8 Å². The van der Waals surface area contributed by atoms with E-state index in [1.165, 1.54) is 10.8 Å². The molecular formula is C27H33ClO4. The summed E-state index contributed by atoms with van der Waals surface area (Å²) in [6, 6.07) is 18.6. The second-order valence-electron chi connectivity index (χ2n) is 8.80. The summed E-state index contributed by atoms with van der Waals surface area (Å²) >= 11 is 6.64. The number of hydrogen-bond donors (Lipinski definition) is 3. The Hall–Kier alpha value is -1.95. The van der Waals surface area contributed by atoms with E-state index in [1.54, 1.807) is 7.11 Å². The Morgan fingerprint density at radius 1 is 0.938 bits per heavy atom. The van der Waals surface area contributed by atoms with E-state index >= 15 is 0 Å². The van der Waals surface area contributed by atoms with Crippen LogP contribution in [0.25, 0.3) is 10.8 Å². The lowest BCUT2D eigenvalue weighted by Gasteiger charge is -2.28. The van der Waals surface area contributed by atoms with Gasteiger partial charge in [0.2, 0.25) is 0 Å². The molecule has 3 N–H and O–H groups in total. The predicted molar refractivity (Wildman–Crippen MR) is 130 cm³/mol. The summed E-state index contributed by atoms with van der Waals surface area (Å²) in [6.45, 7) is 4.09. The Morgan fingerprint density at radius 3 is 2.34 bits per heavy atom. The third-order valence-corrected chi connectivity index (χ3v) is 6.52. The van der Waals surface area contributed by atoms with Crippen molar-refractivity contribution >= 4 is 22.4 Å². The van der Waals surface area contributed by atoms with E-state index in [9.17, 15) is 15.3 Å². The van der Waals surface area contributed by atoms with Crippen LogP contribution in [0.3, 0.4) is 0 Å². The second-order valence-corrected chi connectivity index (χ2v) is 9.21. The van der Waals surface area contributed by atoms with Crippen molar-refractivity contribution in [2.75, 3.05) is 13.7 Å². The molecule has 3 rings (SSSR count). The molecule has 4 atom stereocenters. The predicted octanol–water partition coefficient (Wildman–Crippen LogP) is 5.07. The highest BCUT2D eigenvalue weighted by atomic mass is 35.5. The zero-order valence-electron chi connectivity index (χ0n) is 19.0. The number of aliphatic hydroxyl groups is 3. The number of rotatable bonds is 10. The lowest BCUT2D eigenvalue weighted by atomic mass is 9.85. The van der Waals surface area contributed by atoms with Gasteiger partial charge in [-0.3, -0.25) is 0 Å². The largest absolute Gasteiger partial charge is 0.396 e. The number of aliphatic hydroxyl groups excluding tert-OH is 3. The van der Waals surface area contributed by atoms with Gasteiger partial charge >= 0.3 is 0 Å². The molecule has 0 aromatic heterocycles. The first-order chi connectivity index (χ1) is 15.3. The van der Waals surface area contributed by atoms with E-state index in [0.29, 0.717) is 24.5 Å². The maximum absolute atomic E-state index is 10.8. The van der Waals surface area contributed by atoms with Gasteiger partial charge in [0.15, 0.2) is 0 Å². The van der Waals surface area contributed by atoms with Crippen molar-refractivity contribution in [2.24, 2.45) is 5.92 Å². The Balaban J connectivity index is 1.91. The number of methoxy groups -OCH3 is 1. The number of benzene rings is 3. The van der Waals surface area contributed by atoms with E-state index in [2.05, 4.69) is 30.3 Å². The standard InChI is InChI=1S/C27H33ClO4/c1-17(15-29)10-26(30)27(31)18(2)24-13-22(25(28)14-23(24)16-32-3)12-19-8-9-20-6-4-5-7-21(20)11-19/h4-9,11,13-14,17-18,26-27,29-31H,10,12,15-16H2,1-3H3/t17-,18-,26?,27-/m0/s1. The van der Waals surface area contributed by atoms with Gasteiger partial charge in [-0.15, -0.1) is 0 Å². The van der Waals surface area contributed by atoms with Crippen LogP contribution >= 0.6 is 11.6 Å². The van der Waals surface area contributed by atoms with E-state index in [0.717, 1.165) is 22.3 Å². The summed E-state index contributed by atoms with van der Waals surface area (Å²) in [5.74, 6) is -0.410. The molecule has 3 aromatic rings. The molecule has 0 amide bonds. The lowest BCUT2D eigenvalue weighted by molar-refractivity contribution is -0.0107. The lowest BCUT2D eigenvalue weighted by Crippen LogP contribution is -2.33. The van der Waals surface area contributed by atoms with Gasteiger partial charge in [-0.2, -0.15) is 0 Å². The number of hydrogen-bond acceptors (Lipinski definition) is 4. The maximum Gasteiger partial charge on any atom is 0.0864 e. The molecule has 3 aromatic carbocycles. The molecule has 32 heavy (non-hydrogen) atoms. The minimum atomic E-state index is -0.964. The Bertz CT molecular complexity index is 1040. The minimum absolute atomic E-state index is 0.0239. The van der Waals surface area contributed by atoms with Crippen molar-refractivity contribution in [2.45, 2.75) is 51.4 Å². The molecule has 0 aliphatic rings. The van der Waals surface area contributed by atoms with Crippen molar-refractivity contribution in [3.63, 3.8) is 0 Å². The highest BCUT2D eigenvalue weighted by molar-refractivity contribution is 6.31. The van der Waals surface area contributed by atoms with Crippen LogP contribution in [0.4, 0.5) is 0 Å². The Kier molecular flexibility index (Phi) is 8.69. The first kappa shape index (κ1) is 24.7. The molecule has 5 heteroatoms. The van der Waals surface area contributed by atoms with Crippen molar-refractivity contribution in [1.29, 1.82) is 0 Å². The summed E-state index contributed by atoms with van der Waals surface area (Å²) in [7, 11) is 1.62. The molecule has 0 saturated heterocycles. The molecule has 0 bridgehead atoms. The van der Waals surface area contributed by atoms with Crippen LogP contribution in [0.15, 0.2) is 54.6 Å². The zero-order chi connectivity index (χ0) is 23.3. The number of fused-ring (bicyclic) bond motifs is 1. The van der Waals surface area contributed by atoms with Crippen LogP contribution < -0.4 is 0 Å². The molecule has 0 spiro atoms. The van der Waals surface area contributed by atoms with E-state index in [1.807, 2.05) is 38.1 Å². The molecule has 1 unspecified atom stereocenters. The fourth-order valence-electron chi connectivity index (χ4n) is 4.23. The summed E-state index contributed by atoms with van der Waals surface area (Å²) in [4.78, 5) is 0. The van der Waals surface area contributed by atoms with Crippen LogP contribution in [-0.4, -0.2) is 41.2 Å². The summed E-state index contributed by atoms with van der Waals surface area (Å²) in [5, 5.41) is 33.7. The fraction of sp³-hybridized carbons (Fsp3) is 0.407. The van der Waals surface area contributed by atoms with Crippen molar-refractivity contribution in [3.8, 4) is 0 Å². The highest BCUT2D eigenvalue weighted by Gasteiger charge is 2.27. The quantitative estimate of drug-likeness (QED) is 0.398. The van der Waals surface area contributed by atoms with E-state index in [-0.39, 0.29) is 18.4 Å². The highest BCUT2D eigenvalue weighted by Crippen LogP contribution is 2.33. The minimum Gasteiger partial charge on any atom is -0.396 e. The van der Waals surface area contributed by atoms with E-state index < -0.39 is 12.2 Å². The molecule has 0 fully saturated rings. The van der Waals surface area contributed by atoms with Gasteiger partial charge in [0.1, 0.15) is 0 Å². The van der Waals surface area contributed by atoms with Crippen LogP contribution in [0.1, 0.15) is 48.4 Å². The molecule has 0 aliphatic carbocycles. The molecule has 172 valence electrons. The summed E-state index contributed by atoms with van der Waals surface area (Å²) in [6.07, 6.45) is -0.896. The zero-order valence-corrected chi connectivity index (χ0v) is 19.7. The molecular weight excluding hydrogens is 424 g/mol. The average Bonchev–Trinajstić information content (AvgIpc) is 2.79. The average molecular weight is 457 g/mol. The van der Waals surface area contributed by atoms with Gasteiger partial charge in [0, 0.05) is 24.7 Å². The summed E-state index contributed by atoms with van der Waals surface area (Å²) < 4.78 is 5.37. The van der Waals surface area contributed by atoms with Crippen LogP contribution in [0.2, 0.25) is 5.02 Å². The van der Waals surface area contributed by atoms with Gasteiger partial charge in [0.25, 0.3) is 0 Å². The van der Waals surface area contributed by atoms with Crippen molar-refractivity contribution in [1.82, 2.24) is 0 Å². The van der Waals surface area contributed by atoms with Crippen LogP contribution in [0, 0.1) is 5.92 Å². The third-order valence-electron chi connectivity index (χ3n) is 6.17. The topological polar surface area (TPSA) is 69.9 Å². The fourth-order valence-corrected chi connectivity index (χ4v) is 4.48. The normalized spacial score (nSPS) is 15.5. The molecule has 0 aliphatic heterocycles. The van der Waals surface area contributed by atoms with Crippen LogP contribution in [0.5, 0.6) is 0 Å². The SMILES string of the molecule is COCc1cc(Cl)c(Cc2ccc3ccccc3c2)cc1[C@H](C)[C@H](O)C(O)C[C@H](C)CO. The Labute approximate surface area is 195 Å². The van der Waals surface area contributed by atoms with Crippen molar-refractivity contribution in [3.05, 3.63) is 81.9 Å². The molecule has 0 saturated carbocycles. The van der Waals surface area contributed by atoms with Crippen molar-refractivity contribution < 1.29 is 20.1 Å². The third kappa shape index (κ3) is 5.89. The monoisotopic (exact) mass is 456 g/mol. The van der Waals surface area contributed by atoms with Gasteiger partial charge in [-0.25, -0.2) is 0 Å². The maximum atomic E-state index is 10.8. The summed E-state index contributed by atoms with van der Waals surface area (Å²) in [5.41, 5.74) is 3.93. The van der Waals surface area contributed by atoms with Gasteiger partial charge < -0.3 is 20.1 Å². The molecule has 0 radical (unpaired) electrons. The number of halogens is 1. The second kappa shape index (κ2) is 11.3. The van der Waals surface area contributed by atoms with E-state index in [4.69, 9.17) is 16.3 Å². The number of ether oxygens (including phenoxy) is 1. The van der Waals surface area contributed by atoms with Crippen LogP contribution in [-0.2, 0) is 17.8 Å².